The van der Waals surface area contributed by atoms with Crippen molar-refractivity contribution in [3.05, 3.63) is 35.9 Å². The van der Waals surface area contributed by atoms with Crippen molar-refractivity contribution in [2.45, 2.75) is 30.7 Å². The number of carbonyl (C=O) groups excluding carboxylic acids is 1. The van der Waals surface area contributed by atoms with Crippen molar-refractivity contribution in [2.75, 3.05) is 13.7 Å². The number of benzene rings is 2. The zero-order chi connectivity index (χ0) is 23.6. The molecule has 0 unspecified atom stereocenters. The molecule has 0 spiro atoms. The molecule has 3 rings (SSSR count). The fraction of sp³-hybridized carbons (Fsp3) is 0.350. The van der Waals surface area contributed by atoms with Crippen LogP contribution in [0.15, 0.2) is 30.3 Å². The van der Waals surface area contributed by atoms with Crippen LogP contribution in [0.2, 0.25) is 0 Å². The van der Waals surface area contributed by atoms with Crippen LogP contribution in [0.4, 0.5) is 0 Å². The fourth-order valence-electron chi connectivity index (χ4n) is 2.99. The Morgan fingerprint density at radius 2 is 1.53 bits per heavy atom. The van der Waals surface area contributed by atoms with Gasteiger partial charge in [-0.15, -0.1) is 0 Å². The molecule has 0 amide bonds. The predicted octanol–water partition coefficient (Wildman–Crippen LogP) is -0.439. The van der Waals surface area contributed by atoms with Gasteiger partial charge in [0.15, 0.2) is 17.2 Å². The molecular weight excluding hydrogens is 432 g/mol. The normalized spacial score (nSPS) is 25.2. The molecule has 32 heavy (non-hydrogen) atoms. The second kappa shape index (κ2) is 9.36. The first-order valence-electron chi connectivity index (χ1n) is 9.27. The third-order valence-electron chi connectivity index (χ3n) is 4.71. The molecule has 1 aliphatic heterocycles. The van der Waals surface area contributed by atoms with Gasteiger partial charge in [0.25, 0.3) is 0 Å². The summed E-state index contributed by atoms with van der Waals surface area (Å²) in [6.45, 7) is -0.602. The van der Waals surface area contributed by atoms with Crippen LogP contribution in [0.3, 0.4) is 0 Å². The Morgan fingerprint density at radius 3 is 2.16 bits per heavy atom. The molecule has 2 aromatic carbocycles. The van der Waals surface area contributed by atoms with Crippen molar-refractivity contribution in [1.29, 1.82) is 0 Å². The Bertz CT molecular complexity index is 954. The average molecular weight is 454 g/mol. The van der Waals surface area contributed by atoms with Crippen LogP contribution < -0.4 is 9.47 Å². The van der Waals surface area contributed by atoms with Gasteiger partial charge in [-0.05, 0) is 12.1 Å². The molecule has 1 fully saturated rings. The van der Waals surface area contributed by atoms with Gasteiger partial charge in [0.2, 0.25) is 6.29 Å². The largest absolute Gasteiger partial charge is 0.508 e. The smallest absolute Gasteiger partial charge is 0.338 e. The average Bonchev–Trinajstić information content (AvgIpc) is 2.75. The first-order valence-corrected chi connectivity index (χ1v) is 9.27. The monoisotopic (exact) mass is 454 g/mol. The number of aromatic hydroxyl groups is 4. The van der Waals surface area contributed by atoms with Gasteiger partial charge in [-0.3, -0.25) is 0 Å². The molecule has 174 valence electrons. The summed E-state index contributed by atoms with van der Waals surface area (Å²) in [5, 5.41) is 68.5. The van der Waals surface area contributed by atoms with Crippen LogP contribution in [-0.2, 0) is 9.47 Å². The zero-order valence-electron chi connectivity index (χ0n) is 16.7. The predicted molar refractivity (Wildman–Crippen MR) is 104 cm³/mol. The minimum absolute atomic E-state index is 0.0280. The quantitative estimate of drug-likeness (QED) is 0.220. The summed E-state index contributed by atoms with van der Waals surface area (Å²) >= 11 is 0. The van der Waals surface area contributed by atoms with Crippen LogP contribution in [0.1, 0.15) is 10.4 Å². The van der Waals surface area contributed by atoms with Crippen LogP contribution >= 0.6 is 0 Å². The summed E-state index contributed by atoms with van der Waals surface area (Å²) in [5.74, 6) is -3.28. The lowest BCUT2D eigenvalue weighted by Gasteiger charge is -2.39. The zero-order valence-corrected chi connectivity index (χ0v) is 16.7. The SMILES string of the molecule is COc1cc(O)cc(O[C@@H]2O[C@H](COC(=O)c3cc(O)c(O)c(O)c3)[C@@H](O)[C@H](O)[C@H]2O)c1. The number of hydrogen-bond donors (Lipinski definition) is 7. The number of phenolic OH excluding ortho intramolecular Hbond substituents is 4. The minimum atomic E-state index is -1.72. The molecule has 7 N–H and O–H groups in total. The number of hydrogen-bond acceptors (Lipinski definition) is 12. The number of carbonyl (C=O) groups is 1. The summed E-state index contributed by atoms with van der Waals surface area (Å²) in [4.78, 5) is 12.2. The fourth-order valence-corrected chi connectivity index (χ4v) is 2.99. The van der Waals surface area contributed by atoms with Gasteiger partial charge in [-0.25, -0.2) is 4.79 Å². The lowest BCUT2D eigenvalue weighted by Crippen LogP contribution is -2.60. The highest BCUT2D eigenvalue weighted by Gasteiger charge is 2.45. The van der Waals surface area contributed by atoms with Crippen molar-refractivity contribution >= 4 is 5.97 Å². The summed E-state index contributed by atoms with van der Waals surface area (Å²) in [5.41, 5.74) is -0.302. The number of aliphatic hydroxyl groups is 3. The molecular formula is C20H22O12. The second-order valence-electron chi connectivity index (χ2n) is 6.96. The number of rotatable bonds is 6. The Labute approximate surface area is 181 Å². The van der Waals surface area contributed by atoms with E-state index >= 15 is 0 Å². The molecule has 1 aliphatic rings. The highest BCUT2D eigenvalue weighted by atomic mass is 16.7. The second-order valence-corrected chi connectivity index (χ2v) is 6.96. The molecule has 1 heterocycles. The minimum Gasteiger partial charge on any atom is -0.508 e. The molecule has 0 aromatic heterocycles. The molecule has 2 aromatic rings. The number of esters is 1. The number of methoxy groups -OCH3 is 1. The van der Waals surface area contributed by atoms with E-state index in [1.165, 1.54) is 25.3 Å². The summed E-state index contributed by atoms with van der Waals surface area (Å²) in [7, 11) is 1.36. The van der Waals surface area contributed by atoms with Gasteiger partial charge in [0, 0.05) is 18.2 Å². The summed E-state index contributed by atoms with van der Waals surface area (Å²) in [6, 6.07) is 5.61. The van der Waals surface area contributed by atoms with Gasteiger partial charge in [0.05, 0.1) is 12.7 Å². The van der Waals surface area contributed by atoms with Crippen LogP contribution in [0, 0.1) is 0 Å². The van der Waals surface area contributed by atoms with Crippen molar-refractivity contribution in [1.82, 2.24) is 0 Å². The Morgan fingerprint density at radius 1 is 0.906 bits per heavy atom. The Kier molecular flexibility index (Phi) is 6.79. The van der Waals surface area contributed by atoms with Crippen molar-refractivity contribution < 1.29 is 59.5 Å². The van der Waals surface area contributed by atoms with E-state index in [4.69, 9.17) is 18.9 Å². The first kappa shape index (κ1) is 23.2. The number of aliphatic hydroxyl groups excluding tert-OH is 3. The molecule has 1 saturated heterocycles. The van der Waals surface area contributed by atoms with E-state index in [2.05, 4.69) is 0 Å². The maximum atomic E-state index is 12.2. The summed E-state index contributed by atoms with van der Waals surface area (Å²) in [6.07, 6.45) is -7.90. The van der Waals surface area contributed by atoms with Crippen molar-refractivity contribution in [2.24, 2.45) is 0 Å². The third-order valence-corrected chi connectivity index (χ3v) is 4.71. The van der Waals surface area contributed by atoms with Gasteiger partial charge >= 0.3 is 5.97 Å². The first-order chi connectivity index (χ1) is 15.1. The van der Waals surface area contributed by atoms with Crippen molar-refractivity contribution in [3.8, 4) is 34.5 Å². The standard InChI is InChI=1S/C20H22O12/c1-29-10-4-9(21)5-11(6-10)31-20-18(27)17(26)16(25)14(32-20)7-30-19(28)8-2-12(22)15(24)13(23)3-8/h2-6,14,16-18,20-27H,7H2,1H3/t14-,16-,17+,18-,20-/m1/s1. The molecule has 12 nitrogen and oxygen atoms in total. The third kappa shape index (κ3) is 4.89. The Balaban J connectivity index is 1.70. The van der Waals surface area contributed by atoms with E-state index < -0.39 is 60.5 Å². The highest BCUT2D eigenvalue weighted by molar-refractivity contribution is 5.91. The van der Waals surface area contributed by atoms with Crippen molar-refractivity contribution in [3.63, 3.8) is 0 Å². The highest BCUT2D eigenvalue weighted by Crippen LogP contribution is 2.35. The lowest BCUT2D eigenvalue weighted by atomic mass is 9.99. The van der Waals surface area contributed by atoms with Gasteiger partial charge in [0.1, 0.15) is 48.3 Å². The maximum Gasteiger partial charge on any atom is 0.338 e. The topological polar surface area (TPSA) is 196 Å². The van der Waals surface area contributed by atoms with Gasteiger partial charge < -0.3 is 54.7 Å². The maximum absolute atomic E-state index is 12.2. The van der Waals surface area contributed by atoms with E-state index in [-0.39, 0.29) is 22.8 Å². The van der Waals surface area contributed by atoms with Crippen LogP contribution in [0.5, 0.6) is 34.5 Å². The van der Waals surface area contributed by atoms with Gasteiger partial charge in [-0.2, -0.15) is 0 Å². The molecule has 12 heteroatoms. The van der Waals surface area contributed by atoms with E-state index in [0.29, 0.717) is 0 Å². The molecule has 0 radical (unpaired) electrons. The lowest BCUT2D eigenvalue weighted by molar-refractivity contribution is -0.277. The number of ether oxygens (including phenoxy) is 4. The van der Waals surface area contributed by atoms with Crippen LogP contribution in [0.25, 0.3) is 0 Å². The Hall–Kier alpha value is -3.45. The molecule has 5 atom stereocenters. The summed E-state index contributed by atoms with van der Waals surface area (Å²) < 4.78 is 20.9. The van der Waals surface area contributed by atoms with Gasteiger partial charge in [-0.1, -0.05) is 0 Å². The molecule has 0 bridgehead atoms. The van der Waals surface area contributed by atoms with E-state index in [0.717, 1.165) is 12.1 Å². The molecule has 0 saturated carbocycles. The number of phenols is 4. The van der Waals surface area contributed by atoms with E-state index in [1.807, 2.05) is 0 Å². The van der Waals surface area contributed by atoms with Crippen LogP contribution in [-0.4, -0.2) is 86.1 Å². The van der Waals surface area contributed by atoms with E-state index in [9.17, 15) is 40.5 Å². The van der Waals surface area contributed by atoms with E-state index in [1.54, 1.807) is 0 Å². The molecule has 0 aliphatic carbocycles.